The van der Waals surface area contributed by atoms with Crippen molar-refractivity contribution in [3.8, 4) is 17.6 Å². The Bertz CT molecular complexity index is 909. The Balaban J connectivity index is 2.75. The molecule has 0 aliphatic carbocycles. The summed E-state index contributed by atoms with van der Waals surface area (Å²) in [5.74, 6) is 5.15. The quantitative estimate of drug-likeness (QED) is 0.324. The van der Waals surface area contributed by atoms with E-state index in [1.54, 1.807) is 59.5 Å². The molecule has 1 N–H and O–H groups in total. The summed E-state index contributed by atoms with van der Waals surface area (Å²) in [5, 5.41) is 8.64. The van der Waals surface area contributed by atoms with Crippen molar-refractivity contribution in [1.82, 2.24) is 4.90 Å². The third-order valence-electron chi connectivity index (χ3n) is 3.58. The van der Waals surface area contributed by atoms with Gasteiger partial charge in [0.1, 0.15) is 5.75 Å². The van der Waals surface area contributed by atoms with Gasteiger partial charge in [-0.05, 0) is 35.4 Å². The predicted molar refractivity (Wildman–Crippen MR) is 120 cm³/mol. The monoisotopic (exact) mass is 403 g/mol. The lowest BCUT2D eigenvalue weighted by Crippen LogP contribution is -2.23. The summed E-state index contributed by atoms with van der Waals surface area (Å²) in [4.78, 5) is 23.7. The average molecular weight is 403 g/mol. The molecule has 1 aromatic carbocycles. The summed E-state index contributed by atoms with van der Waals surface area (Å²) >= 11 is 0. The van der Waals surface area contributed by atoms with E-state index in [0.29, 0.717) is 24.4 Å². The zero-order valence-electron chi connectivity index (χ0n) is 16.8. The van der Waals surface area contributed by atoms with Gasteiger partial charge in [-0.25, -0.2) is 4.79 Å². The summed E-state index contributed by atoms with van der Waals surface area (Å²) < 4.78 is 5.11. The van der Waals surface area contributed by atoms with Crippen LogP contribution in [0.1, 0.15) is 5.56 Å². The zero-order chi connectivity index (χ0) is 22.2. The average Bonchev–Trinajstić information content (AvgIpc) is 2.74. The number of amides is 1. The van der Waals surface area contributed by atoms with Gasteiger partial charge in [-0.15, -0.1) is 0 Å². The first kappa shape index (κ1) is 24.0. The second-order valence-corrected chi connectivity index (χ2v) is 6.04. The molecule has 0 unspecified atom stereocenters. The Morgan fingerprint density at radius 1 is 1.17 bits per heavy atom. The van der Waals surface area contributed by atoms with Gasteiger partial charge in [0.15, 0.2) is 6.61 Å². The van der Waals surface area contributed by atoms with E-state index in [-0.39, 0.29) is 0 Å². The van der Waals surface area contributed by atoms with Gasteiger partial charge < -0.3 is 14.7 Å². The number of benzene rings is 1. The number of rotatable bonds is 12. The molecule has 5 heteroatoms. The molecule has 0 atom stereocenters. The summed E-state index contributed by atoms with van der Waals surface area (Å²) in [5.41, 5.74) is 2.38. The molecule has 5 nitrogen and oxygen atoms in total. The van der Waals surface area contributed by atoms with Crippen LogP contribution >= 0.6 is 0 Å². The van der Waals surface area contributed by atoms with Crippen LogP contribution < -0.4 is 4.74 Å². The van der Waals surface area contributed by atoms with Crippen molar-refractivity contribution in [3.63, 3.8) is 0 Å². The number of hydrogen-bond acceptors (Lipinski definition) is 3. The maximum Gasteiger partial charge on any atom is 0.341 e. The van der Waals surface area contributed by atoms with Crippen molar-refractivity contribution in [2.24, 2.45) is 0 Å². The lowest BCUT2D eigenvalue weighted by atomic mass is 10.1. The molecule has 0 heterocycles. The summed E-state index contributed by atoms with van der Waals surface area (Å²) in [7, 11) is 0. The van der Waals surface area contributed by atoms with Crippen LogP contribution in [0.25, 0.3) is 0 Å². The maximum absolute atomic E-state index is 11.5. The van der Waals surface area contributed by atoms with E-state index in [4.69, 9.17) is 9.84 Å². The lowest BCUT2D eigenvalue weighted by molar-refractivity contribution is -0.139. The topological polar surface area (TPSA) is 66.8 Å². The van der Waals surface area contributed by atoms with Gasteiger partial charge in [0, 0.05) is 18.7 Å². The first-order valence-corrected chi connectivity index (χ1v) is 9.09. The first-order valence-electron chi connectivity index (χ1n) is 9.09. The highest BCUT2D eigenvalue weighted by Crippen LogP contribution is 2.14. The van der Waals surface area contributed by atoms with Crippen LogP contribution in [0.3, 0.4) is 0 Å². The van der Waals surface area contributed by atoms with E-state index in [0.717, 1.165) is 17.5 Å². The summed E-state index contributed by atoms with van der Waals surface area (Å²) in [6.07, 6.45) is 12.9. The molecule has 0 radical (unpaired) electrons. The van der Waals surface area contributed by atoms with E-state index in [9.17, 15) is 9.59 Å². The highest BCUT2D eigenvalue weighted by Gasteiger charge is 2.06. The van der Waals surface area contributed by atoms with E-state index in [2.05, 4.69) is 31.6 Å². The highest BCUT2D eigenvalue weighted by atomic mass is 16.5. The standard InChI is InChI=1S/C25H25NO4/c1-4-6-7-8-10-21(3)11-12-22(9-5-2)17-26(20-27)18-23-13-15-24(16-14-23)30-19-25(28)29/h4-7,9,11-16,20H,1-3,17-19H2,(H,28,29)/b7-6+,12-11-,22-9+. The Hall–Kier alpha value is -4.04. The molecule has 0 spiro atoms. The Kier molecular flexibility index (Phi) is 11.2. The van der Waals surface area contributed by atoms with Gasteiger partial charge >= 0.3 is 5.97 Å². The minimum absolute atomic E-state index is 0.375. The second-order valence-electron chi connectivity index (χ2n) is 6.04. The van der Waals surface area contributed by atoms with Crippen molar-refractivity contribution in [3.05, 3.63) is 103 Å². The van der Waals surface area contributed by atoms with Crippen molar-refractivity contribution in [2.45, 2.75) is 6.54 Å². The van der Waals surface area contributed by atoms with E-state index in [1.165, 1.54) is 0 Å². The normalized spacial score (nSPS) is 10.9. The van der Waals surface area contributed by atoms with Gasteiger partial charge in [-0.3, -0.25) is 4.79 Å². The minimum atomic E-state index is -1.04. The third kappa shape index (κ3) is 10.3. The maximum atomic E-state index is 11.5. The largest absolute Gasteiger partial charge is 0.482 e. The van der Waals surface area contributed by atoms with Crippen LogP contribution in [0.4, 0.5) is 0 Å². The molecule has 0 bridgehead atoms. The fourth-order valence-electron chi connectivity index (χ4n) is 2.25. The molecule has 0 fully saturated rings. The van der Waals surface area contributed by atoms with Crippen molar-refractivity contribution < 1.29 is 19.4 Å². The number of hydrogen-bond donors (Lipinski definition) is 1. The molecule has 1 amide bonds. The second kappa shape index (κ2) is 14.0. The van der Waals surface area contributed by atoms with Gasteiger partial charge in [0.25, 0.3) is 0 Å². The van der Waals surface area contributed by atoms with E-state index in [1.807, 2.05) is 12.2 Å². The molecule has 0 saturated carbocycles. The Morgan fingerprint density at radius 2 is 1.90 bits per heavy atom. The van der Waals surface area contributed by atoms with Gasteiger partial charge in [-0.1, -0.05) is 74.1 Å². The Labute approximate surface area is 177 Å². The van der Waals surface area contributed by atoms with E-state index < -0.39 is 12.6 Å². The van der Waals surface area contributed by atoms with Crippen LogP contribution in [-0.2, 0) is 16.1 Å². The molecule has 1 rings (SSSR count). The van der Waals surface area contributed by atoms with Crippen LogP contribution in [0.5, 0.6) is 5.75 Å². The number of carboxylic acid groups (broad SMARTS) is 1. The van der Waals surface area contributed by atoms with Crippen molar-refractivity contribution in [1.29, 1.82) is 0 Å². The zero-order valence-corrected chi connectivity index (χ0v) is 16.8. The first-order chi connectivity index (χ1) is 14.5. The molecule has 154 valence electrons. The van der Waals surface area contributed by atoms with Crippen LogP contribution in [-0.4, -0.2) is 35.5 Å². The predicted octanol–water partition coefficient (Wildman–Crippen LogP) is 4.08. The minimum Gasteiger partial charge on any atom is -0.482 e. The number of aliphatic carboxylic acids is 1. The number of carboxylic acids is 1. The number of ether oxygens (including phenoxy) is 1. The molecule has 0 aliphatic heterocycles. The molecule has 1 aromatic rings. The third-order valence-corrected chi connectivity index (χ3v) is 3.58. The molecule has 0 aliphatic rings. The summed E-state index contributed by atoms with van der Waals surface area (Å²) in [6, 6.07) is 6.92. The SMILES string of the molecule is C=C/C=C/C#CC(=C)/C=C\C(=C/C=C)CN(C=O)Cc1ccc(OCC(=O)O)cc1. The highest BCUT2D eigenvalue weighted by molar-refractivity contribution is 5.68. The molecular formula is C25H25NO4. The number of allylic oxidation sites excluding steroid dienone is 7. The van der Waals surface area contributed by atoms with Crippen LogP contribution in [0, 0.1) is 11.8 Å². The number of carbonyl (C=O) groups is 2. The summed E-state index contributed by atoms with van der Waals surface area (Å²) in [6.45, 7) is 11.5. The fraction of sp³-hybridized carbons (Fsp3) is 0.120. The van der Waals surface area contributed by atoms with E-state index >= 15 is 0 Å². The molecule has 30 heavy (non-hydrogen) atoms. The Morgan fingerprint density at radius 3 is 2.50 bits per heavy atom. The van der Waals surface area contributed by atoms with Crippen molar-refractivity contribution >= 4 is 12.4 Å². The molecule has 0 saturated heterocycles. The smallest absolute Gasteiger partial charge is 0.341 e. The number of carbonyl (C=O) groups excluding carboxylic acids is 1. The van der Waals surface area contributed by atoms with Crippen LogP contribution in [0.2, 0.25) is 0 Å². The van der Waals surface area contributed by atoms with Crippen LogP contribution in [0.15, 0.2) is 97.7 Å². The van der Waals surface area contributed by atoms with Gasteiger partial charge in [0.05, 0.1) is 0 Å². The van der Waals surface area contributed by atoms with Crippen molar-refractivity contribution in [2.75, 3.05) is 13.2 Å². The van der Waals surface area contributed by atoms with Gasteiger partial charge in [-0.2, -0.15) is 0 Å². The fourth-order valence-corrected chi connectivity index (χ4v) is 2.25. The molecule has 0 aromatic heterocycles. The number of nitrogens with zero attached hydrogens (tertiary/aromatic N) is 1. The molecular weight excluding hydrogens is 378 g/mol. The lowest BCUT2D eigenvalue weighted by Gasteiger charge is -2.18. The van der Waals surface area contributed by atoms with Gasteiger partial charge in [0.2, 0.25) is 6.41 Å².